The quantitative estimate of drug-likeness (QED) is 0.839. The number of esters is 2. The number of aliphatic hydroxyl groups excluding tert-OH is 1. The molecule has 0 aliphatic carbocycles. The van der Waals surface area contributed by atoms with Crippen molar-refractivity contribution < 1.29 is 28.9 Å². The lowest BCUT2D eigenvalue weighted by Gasteiger charge is -2.13. The van der Waals surface area contributed by atoms with Crippen molar-refractivity contribution >= 4 is 11.9 Å². The van der Waals surface area contributed by atoms with Crippen LogP contribution in [0.4, 0.5) is 0 Å². The molecule has 3 unspecified atom stereocenters. The van der Waals surface area contributed by atoms with Crippen molar-refractivity contribution in [1.82, 2.24) is 0 Å². The van der Waals surface area contributed by atoms with Gasteiger partial charge in [0.15, 0.2) is 12.4 Å². The summed E-state index contributed by atoms with van der Waals surface area (Å²) in [5, 5.41) is 9.90. The highest BCUT2D eigenvalue weighted by Crippen LogP contribution is 2.23. The van der Waals surface area contributed by atoms with Gasteiger partial charge in [-0.2, -0.15) is 0 Å². The van der Waals surface area contributed by atoms with Crippen molar-refractivity contribution in [2.24, 2.45) is 0 Å². The average Bonchev–Trinajstić information content (AvgIpc) is 3.00. The Morgan fingerprint density at radius 3 is 2.12 bits per heavy atom. The average molecular weight is 342 g/mol. The summed E-state index contributed by atoms with van der Waals surface area (Å²) in [6, 6.07) is 17.1. The van der Waals surface area contributed by atoms with Crippen LogP contribution in [0.15, 0.2) is 60.7 Å². The second kappa shape index (κ2) is 7.92. The summed E-state index contributed by atoms with van der Waals surface area (Å²) in [5.74, 6) is -1.00. The Hall–Kier alpha value is -2.70. The van der Waals surface area contributed by atoms with Crippen molar-refractivity contribution in [3.05, 3.63) is 71.8 Å². The fourth-order valence-electron chi connectivity index (χ4n) is 2.54. The van der Waals surface area contributed by atoms with Crippen molar-refractivity contribution in [2.75, 3.05) is 6.61 Å². The fraction of sp³-hybridized carbons (Fsp3) is 0.263. The van der Waals surface area contributed by atoms with E-state index in [9.17, 15) is 14.7 Å². The van der Waals surface area contributed by atoms with Gasteiger partial charge >= 0.3 is 11.9 Å². The van der Waals surface area contributed by atoms with Crippen molar-refractivity contribution in [3.8, 4) is 0 Å². The zero-order valence-electron chi connectivity index (χ0n) is 13.4. The number of benzene rings is 2. The summed E-state index contributed by atoms with van der Waals surface area (Å²) in [6.07, 6.45) is -2.32. The summed E-state index contributed by atoms with van der Waals surface area (Å²) in [6.45, 7) is -0.0236. The molecule has 1 saturated heterocycles. The number of rotatable bonds is 5. The lowest BCUT2D eigenvalue weighted by Crippen LogP contribution is -2.26. The summed E-state index contributed by atoms with van der Waals surface area (Å²) in [4.78, 5) is 23.9. The third-order valence-corrected chi connectivity index (χ3v) is 3.82. The predicted molar refractivity (Wildman–Crippen MR) is 87.9 cm³/mol. The lowest BCUT2D eigenvalue weighted by atomic mass is 10.2. The fourth-order valence-corrected chi connectivity index (χ4v) is 2.54. The number of carbonyl (C=O) groups excluding carboxylic acids is 2. The predicted octanol–water partition coefficient (Wildman–Crippen LogP) is 2.18. The summed E-state index contributed by atoms with van der Waals surface area (Å²) >= 11 is 0. The lowest BCUT2D eigenvalue weighted by molar-refractivity contribution is -0.135. The first kappa shape index (κ1) is 17.1. The van der Waals surface area contributed by atoms with Gasteiger partial charge in [0.1, 0.15) is 6.61 Å². The first-order valence-corrected chi connectivity index (χ1v) is 7.95. The van der Waals surface area contributed by atoms with Crippen LogP contribution in [0.1, 0.15) is 27.1 Å². The zero-order chi connectivity index (χ0) is 17.6. The molecule has 6 nitrogen and oxygen atoms in total. The van der Waals surface area contributed by atoms with Gasteiger partial charge in [-0.05, 0) is 24.3 Å². The molecule has 1 heterocycles. The van der Waals surface area contributed by atoms with Gasteiger partial charge in [0.25, 0.3) is 0 Å². The number of hydrogen-bond donors (Lipinski definition) is 1. The molecule has 0 aromatic heterocycles. The molecule has 1 aliphatic heterocycles. The Morgan fingerprint density at radius 2 is 1.52 bits per heavy atom. The van der Waals surface area contributed by atoms with E-state index in [2.05, 4.69) is 0 Å². The standard InChI is InChI=1S/C19H18O6/c20-17(13-7-3-1-4-8-13)23-12-15-11-16(19(22)24-15)25-18(21)14-9-5-2-6-10-14/h1-10,15-16,19,22H,11-12H2. The minimum Gasteiger partial charge on any atom is -0.459 e. The van der Waals surface area contributed by atoms with Crippen molar-refractivity contribution in [2.45, 2.75) is 24.9 Å². The molecule has 3 atom stereocenters. The highest BCUT2D eigenvalue weighted by atomic mass is 16.7. The third kappa shape index (κ3) is 4.43. The second-order valence-corrected chi connectivity index (χ2v) is 5.66. The normalized spacial score (nSPS) is 22.4. The molecule has 2 aromatic carbocycles. The molecule has 1 aliphatic rings. The monoisotopic (exact) mass is 342 g/mol. The molecule has 2 aromatic rings. The van der Waals surface area contributed by atoms with Crippen LogP contribution in [-0.4, -0.2) is 42.1 Å². The van der Waals surface area contributed by atoms with Crippen LogP contribution in [0.5, 0.6) is 0 Å². The van der Waals surface area contributed by atoms with Gasteiger partial charge < -0.3 is 19.3 Å². The van der Waals surface area contributed by atoms with Gasteiger partial charge in [0.05, 0.1) is 17.2 Å². The van der Waals surface area contributed by atoms with Crippen LogP contribution in [-0.2, 0) is 14.2 Å². The van der Waals surface area contributed by atoms with E-state index < -0.39 is 30.4 Å². The van der Waals surface area contributed by atoms with Gasteiger partial charge in [0.2, 0.25) is 0 Å². The Balaban J connectivity index is 1.50. The van der Waals surface area contributed by atoms with Crippen LogP contribution in [0.25, 0.3) is 0 Å². The van der Waals surface area contributed by atoms with E-state index in [1.165, 1.54) is 0 Å². The van der Waals surface area contributed by atoms with E-state index in [0.29, 0.717) is 11.1 Å². The maximum atomic E-state index is 12.0. The second-order valence-electron chi connectivity index (χ2n) is 5.66. The Morgan fingerprint density at radius 1 is 0.960 bits per heavy atom. The Labute approximate surface area is 144 Å². The Kier molecular flexibility index (Phi) is 5.42. The Bertz CT molecular complexity index is 715. The number of carbonyl (C=O) groups is 2. The van der Waals surface area contributed by atoms with Gasteiger partial charge in [-0.25, -0.2) is 9.59 Å². The van der Waals surface area contributed by atoms with Gasteiger partial charge in [-0.15, -0.1) is 0 Å². The molecular weight excluding hydrogens is 324 g/mol. The molecule has 25 heavy (non-hydrogen) atoms. The van der Waals surface area contributed by atoms with E-state index in [1.807, 2.05) is 0 Å². The summed E-state index contributed by atoms with van der Waals surface area (Å²) in [7, 11) is 0. The van der Waals surface area contributed by atoms with E-state index in [1.54, 1.807) is 60.7 Å². The molecule has 0 spiro atoms. The third-order valence-electron chi connectivity index (χ3n) is 3.82. The highest BCUT2D eigenvalue weighted by Gasteiger charge is 2.37. The molecule has 6 heteroatoms. The van der Waals surface area contributed by atoms with E-state index in [0.717, 1.165) is 0 Å². The molecule has 0 amide bonds. The number of ether oxygens (including phenoxy) is 3. The van der Waals surface area contributed by atoms with E-state index >= 15 is 0 Å². The number of hydrogen-bond acceptors (Lipinski definition) is 6. The van der Waals surface area contributed by atoms with Crippen LogP contribution < -0.4 is 0 Å². The first-order chi connectivity index (χ1) is 12.1. The maximum Gasteiger partial charge on any atom is 0.338 e. The molecule has 0 radical (unpaired) electrons. The molecule has 0 saturated carbocycles. The van der Waals surface area contributed by atoms with Crippen LogP contribution in [0, 0.1) is 0 Å². The van der Waals surface area contributed by atoms with Crippen LogP contribution >= 0.6 is 0 Å². The van der Waals surface area contributed by atoms with Crippen molar-refractivity contribution in [1.29, 1.82) is 0 Å². The minimum absolute atomic E-state index is 0.0236. The molecule has 1 N–H and O–H groups in total. The summed E-state index contributed by atoms with van der Waals surface area (Å²) in [5.41, 5.74) is 0.835. The zero-order valence-corrected chi connectivity index (χ0v) is 13.4. The van der Waals surface area contributed by atoms with Crippen molar-refractivity contribution in [3.63, 3.8) is 0 Å². The van der Waals surface area contributed by atoms with Crippen LogP contribution in [0.2, 0.25) is 0 Å². The van der Waals surface area contributed by atoms with Gasteiger partial charge in [0, 0.05) is 6.42 Å². The molecule has 1 fully saturated rings. The smallest absolute Gasteiger partial charge is 0.338 e. The van der Waals surface area contributed by atoms with E-state index in [4.69, 9.17) is 14.2 Å². The van der Waals surface area contributed by atoms with Gasteiger partial charge in [-0.1, -0.05) is 36.4 Å². The molecular formula is C19H18O6. The van der Waals surface area contributed by atoms with E-state index in [-0.39, 0.29) is 13.0 Å². The number of aliphatic hydroxyl groups is 1. The largest absolute Gasteiger partial charge is 0.459 e. The molecule has 3 rings (SSSR count). The minimum atomic E-state index is -1.24. The molecule has 0 bridgehead atoms. The maximum absolute atomic E-state index is 12.0. The molecule has 130 valence electrons. The first-order valence-electron chi connectivity index (χ1n) is 7.95. The van der Waals surface area contributed by atoms with Gasteiger partial charge in [-0.3, -0.25) is 0 Å². The highest BCUT2D eigenvalue weighted by molar-refractivity contribution is 5.89. The summed E-state index contributed by atoms with van der Waals surface area (Å²) < 4.78 is 15.8. The van der Waals surface area contributed by atoms with Crippen LogP contribution in [0.3, 0.4) is 0 Å². The SMILES string of the molecule is O=C(OCC1CC(OC(=O)c2ccccc2)C(O)O1)c1ccccc1. The topological polar surface area (TPSA) is 82.1 Å².